The predicted octanol–water partition coefficient (Wildman–Crippen LogP) is 1.84. The van der Waals surface area contributed by atoms with Crippen LogP contribution >= 0.6 is 49.6 Å². The van der Waals surface area contributed by atoms with Gasteiger partial charge in [-0.3, -0.25) is 0 Å². The van der Waals surface area contributed by atoms with E-state index in [1.54, 1.807) is 0 Å². The number of hydrogen-bond acceptors (Lipinski definition) is 0. The normalized spacial score (nSPS) is 0. The molecule has 0 aliphatic rings. The van der Waals surface area contributed by atoms with Gasteiger partial charge in [0, 0.05) is 27.9 Å². The molecule has 0 bridgehead atoms. The summed E-state index contributed by atoms with van der Waals surface area (Å²) in [5.74, 6) is 0. The number of nitrogens with zero attached hydrogens (tertiary/aromatic N) is 1. The third-order valence-electron chi connectivity index (χ3n) is 0. The van der Waals surface area contributed by atoms with Crippen LogP contribution in [0, 0.1) is 0 Å². The molecular formula is CH8Cl4NTi. The molecule has 0 unspecified atom stereocenters. The molecule has 6 heteroatoms. The zero-order valence-electron chi connectivity index (χ0n) is 2.58. The summed E-state index contributed by atoms with van der Waals surface area (Å²) in [5.41, 5.74) is 0. The largest absolute Gasteiger partial charge is 0.147 e. The van der Waals surface area contributed by atoms with E-state index in [0.29, 0.717) is 0 Å². The van der Waals surface area contributed by atoms with E-state index in [4.69, 9.17) is 0 Å². The molecule has 0 aromatic carbocycles. The second-order valence-corrected chi connectivity index (χ2v) is 0. The van der Waals surface area contributed by atoms with Crippen molar-refractivity contribution < 1.29 is 21.7 Å². The van der Waals surface area contributed by atoms with Crippen LogP contribution in [0.25, 0.3) is 0 Å². The fourth-order valence-corrected chi connectivity index (χ4v) is 0. The van der Waals surface area contributed by atoms with Crippen molar-refractivity contribution >= 4 is 49.6 Å². The summed E-state index contributed by atoms with van der Waals surface area (Å²) in [4.78, 5) is 0. The van der Waals surface area contributed by atoms with E-state index in [9.17, 15) is 0 Å². The monoisotopic (exact) mass is 222 g/mol. The first-order chi connectivity index (χ1) is 0. The van der Waals surface area contributed by atoms with Gasteiger partial charge in [0.1, 0.15) is 0 Å². The summed E-state index contributed by atoms with van der Waals surface area (Å²) in [5, 5.41) is 0. The molecule has 0 amide bonds. The smallest absolute Gasteiger partial charge is 0 e. The first kappa shape index (κ1) is 161. The van der Waals surface area contributed by atoms with Gasteiger partial charge in [-0.1, -0.05) is 7.43 Å². The van der Waals surface area contributed by atoms with Gasteiger partial charge in [0.25, 0.3) is 0 Å². The molecule has 0 aliphatic carbocycles. The van der Waals surface area contributed by atoms with Crippen molar-refractivity contribution in [1.82, 2.24) is 6.15 Å². The van der Waals surface area contributed by atoms with Gasteiger partial charge in [0.05, 0.1) is 0 Å². The summed E-state index contributed by atoms with van der Waals surface area (Å²) in [7, 11) is 0. The molecule has 49 valence electrons. The molecule has 0 atom stereocenters. The predicted molar refractivity (Wildman–Crippen MR) is 37.9 cm³/mol. The Morgan fingerprint density at radius 2 is 0.571 bits per heavy atom. The zero-order valence-corrected chi connectivity index (χ0v) is 7.41. The Kier molecular flexibility index (Phi) is 2500. The Labute approximate surface area is 84.5 Å². The summed E-state index contributed by atoms with van der Waals surface area (Å²) < 4.78 is 0. The average molecular weight is 224 g/mol. The van der Waals surface area contributed by atoms with Crippen LogP contribution in [0.15, 0.2) is 0 Å². The van der Waals surface area contributed by atoms with Crippen LogP contribution in [0.3, 0.4) is 0 Å². The van der Waals surface area contributed by atoms with Gasteiger partial charge in [-0.25, -0.2) is 0 Å². The molecular weight excluding hydrogens is 216 g/mol. The van der Waals surface area contributed by atoms with Gasteiger partial charge in [-0.2, -0.15) is 0 Å². The summed E-state index contributed by atoms with van der Waals surface area (Å²) >= 11 is 0. The molecule has 0 N–H and O–H groups in total. The minimum atomic E-state index is 0. The summed E-state index contributed by atoms with van der Waals surface area (Å²) in [6.07, 6.45) is 0. The second-order valence-electron chi connectivity index (χ2n) is 0. The Morgan fingerprint density at radius 3 is 0.571 bits per heavy atom. The molecule has 3 radical (unpaired) electrons. The maximum absolute atomic E-state index is 0. The van der Waals surface area contributed by atoms with Crippen molar-refractivity contribution in [1.29, 1.82) is 0 Å². The molecule has 0 aliphatic heterocycles. The van der Waals surface area contributed by atoms with E-state index in [2.05, 4.69) is 0 Å². The van der Waals surface area contributed by atoms with Crippen LogP contribution in [0.1, 0.15) is 7.43 Å². The molecule has 0 fully saturated rings. The SMILES string of the molecule is C.Cl.Cl.Cl.Cl.[N].[Ti]. The third-order valence-corrected chi connectivity index (χ3v) is 0. The average Bonchev–Trinajstić information content (AvgIpc) is 0. The van der Waals surface area contributed by atoms with Crippen LogP contribution in [-0.4, -0.2) is 0 Å². The first-order valence-corrected chi connectivity index (χ1v) is 0. The number of rotatable bonds is 0. The molecule has 7 heavy (non-hydrogen) atoms. The van der Waals surface area contributed by atoms with Gasteiger partial charge in [-0.05, 0) is 0 Å². The number of hydrogen-bond donors (Lipinski definition) is 0. The Morgan fingerprint density at radius 1 is 0.571 bits per heavy atom. The van der Waals surface area contributed by atoms with E-state index in [1.165, 1.54) is 0 Å². The molecule has 0 heterocycles. The van der Waals surface area contributed by atoms with E-state index in [1.807, 2.05) is 0 Å². The molecule has 0 spiro atoms. The van der Waals surface area contributed by atoms with E-state index in [0.717, 1.165) is 0 Å². The fraction of sp³-hybridized carbons (Fsp3) is 1.00. The Bertz CT molecular complexity index is 11.7. The molecule has 0 aromatic heterocycles. The van der Waals surface area contributed by atoms with Crippen LogP contribution in [0.2, 0.25) is 0 Å². The maximum atomic E-state index is 0. The minimum Gasteiger partial charge on any atom is -0.147 e. The van der Waals surface area contributed by atoms with Crippen molar-refractivity contribution in [2.24, 2.45) is 0 Å². The van der Waals surface area contributed by atoms with Crippen LogP contribution < -0.4 is 6.15 Å². The van der Waals surface area contributed by atoms with Crippen LogP contribution in [-0.2, 0) is 21.7 Å². The molecule has 0 aromatic rings. The summed E-state index contributed by atoms with van der Waals surface area (Å²) in [6.45, 7) is 0. The van der Waals surface area contributed by atoms with Gasteiger partial charge in [-0.15, -0.1) is 49.6 Å². The first-order valence-electron chi connectivity index (χ1n) is 0. The van der Waals surface area contributed by atoms with Crippen molar-refractivity contribution in [2.45, 2.75) is 7.43 Å². The fourth-order valence-electron chi connectivity index (χ4n) is 0. The topological polar surface area (TPSA) is 30.5 Å². The Hall–Kier alpha value is 1.83. The minimum absolute atomic E-state index is 0. The molecule has 0 saturated heterocycles. The third kappa shape index (κ3) is 79.3. The van der Waals surface area contributed by atoms with Crippen molar-refractivity contribution in [3.63, 3.8) is 0 Å². The molecule has 0 rings (SSSR count). The van der Waals surface area contributed by atoms with Gasteiger partial charge in [0.2, 0.25) is 0 Å². The van der Waals surface area contributed by atoms with Crippen LogP contribution in [0.5, 0.6) is 0 Å². The van der Waals surface area contributed by atoms with Gasteiger partial charge in [0.15, 0.2) is 0 Å². The van der Waals surface area contributed by atoms with E-state index in [-0.39, 0.29) is 84.9 Å². The van der Waals surface area contributed by atoms with Crippen molar-refractivity contribution in [3.05, 3.63) is 0 Å². The zero-order chi connectivity index (χ0) is 0. The second kappa shape index (κ2) is 109. The van der Waals surface area contributed by atoms with E-state index < -0.39 is 0 Å². The number of halogens is 4. The maximum Gasteiger partial charge on any atom is 0 e. The van der Waals surface area contributed by atoms with Crippen molar-refractivity contribution in [2.75, 3.05) is 0 Å². The molecule has 1 nitrogen and oxygen atoms in total. The molecule has 0 saturated carbocycles. The van der Waals surface area contributed by atoms with Gasteiger partial charge < -0.3 is 0 Å². The van der Waals surface area contributed by atoms with Gasteiger partial charge >= 0.3 is 0 Å². The van der Waals surface area contributed by atoms with Crippen LogP contribution in [0.4, 0.5) is 0 Å². The summed E-state index contributed by atoms with van der Waals surface area (Å²) in [6, 6.07) is 0. The quantitative estimate of drug-likeness (QED) is 0.562. The Balaban J connectivity index is 0. The van der Waals surface area contributed by atoms with Crippen molar-refractivity contribution in [3.8, 4) is 0 Å². The standard InChI is InChI=1S/CH4.4ClH.N.Ti/h1H4;4*1H;;. The van der Waals surface area contributed by atoms with E-state index >= 15 is 0 Å².